The Morgan fingerprint density at radius 2 is 1.96 bits per heavy atom. The second-order valence-corrected chi connectivity index (χ2v) is 6.16. The number of benzene rings is 1. The normalized spacial score (nSPS) is 20.6. The molecule has 0 aliphatic carbocycles. The van der Waals surface area contributed by atoms with Gasteiger partial charge in [0, 0.05) is 37.6 Å². The van der Waals surface area contributed by atoms with Crippen molar-refractivity contribution in [3.05, 3.63) is 24.3 Å². The number of anilines is 2. The molecule has 0 bridgehead atoms. The van der Waals surface area contributed by atoms with Crippen molar-refractivity contribution in [1.82, 2.24) is 0 Å². The van der Waals surface area contributed by atoms with Crippen LogP contribution >= 0.6 is 0 Å². The summed E-state index contributed by atoms with van der Waals surface area (Å²) in [5, 5.41) is 2.86. The van der Waals surface area contributed by atoms with E-state index in [0.717, 1.165) is 31.5 Å². The van der Waals surface area contributed by atoms with E-state index < -0.39 is 6.04 Å². The van der Waals surface area contributed by atoms with Gasteiger partial charge in [0.25, 0.3) is 0 Å². The van der Waals surface area contributed by atoms with Crippen LogP contribution in [0.5, 0.6) is 0 Å². The van der Waals surface area contributed by atoms with Gasteiger partial charge in [0.05, 0.1) is 6.04 Å². The van der Waals surface area contributed by atoms with Crippen LogP contribution in [0, 0.1) is 5.92 Å². The van der Waals surface area contributed by atoms with Crippen LogP contribution in [0.2, 0.25) is 0 Å². The van der Waals surface area contributed by atoms with Gasteiger partial charge in [0.15, 0.2) is 0 Å². The molecule has 0 saturated carbocycles. The lowest BCUT2D eigenvalue weighted by Gasteiger charge is -2.26. The Labute approximate surface area is 136 Å². The second kappa shape index (κ2) is 7.10. The van der Waals surface area contributed by atoms with Crippen LogP contribution in [0.4, 0.5) is 11.4 Å². The third kappa shape index (κ3) is 3.71. The largest absolute Gasteiger partial charge is 0.381 e. The predicted molar refractivity (Wildman–Crippen MR) is 88.2 cm³/mol. The minimum atomic E-state index is -0.515. The van der Waals surface area contributed by atoms with E-state index in [9.17, 15) is 9.59 Å². The maximum Gasteiger partial charge on any atom is 0.241 e. The van der Waals surface area contributed by atoms with Crippen LogP contribution in [0.3, 0.4) is 0 Å². The first-order valence-corrected chi connectivity index (χ1v) is 8.20. The number of nitrogens with zero attached hydrogens (tertiary/aromatic N) is 1. The van der Waals surface area contributed by atoms with E-state index in [1.54, 1.807) is 4.90 Å². The summed E-state index contributed by atoms with van der Waals surface area (Å²) < 4.78 is 5.30. The predicted octanol–water partition coefficient (Wildman–Crippen LogP) is 1.51. The topological polar surface area (TPSA) is 84.7 Å². The van der Waals surface area contributed by atoms with Gasteiger partial charge in [-0.2, -0.15) is 0 Å². The van der Waals surface area contributed by atoms with Crippen molar-refractivity contribution in [2.75, 3.05) is 30.0 Å². The van der Waals surface area contributed by atoms with Gasteiger partial charge < -0.3 is 20.7 Å². The van der Waals surface area contributed by atoms with Crippen molar-refractivity contribution in [2.45, 2.75) is 31.7 Å². The van der Waals surface area contributed by atoms with Crippen LogP contribution in [0.15, 0.2) is 24.3 Å². The quantitative estimate of drug-likeness (QED) is 0.881. The summed E-state index contributed by atoms with van der Waals surface area (Å²) in [5.74, 6) is 0.162. The minimum absolute atomic E-state index is 0.156. The molecule has 0 aromatic heterocycles. The Bertz CT molecular complexity index is 567. The number of hydrogen-bond donors (Lipinski definition) is 2. The molecule has 2 amide bonds. The Hall–Kier alpha value is -1.92. The lowest BCUT2D eigenvalue weighted by molar-refractivity contribution is -0.119. The summed E-state index contributed by atoms with van der Waals surface area (Å²) in [4.78, 5) is 25.8. The van der Waals surface area contributed by atoms with Gasteiger partial charge >= 0.3 is 0 Å². The van der Waals surface area contributed by atoms with E-state index >= 15 is 0 Å². The second-order valence-electron chi connectivity index (χ2n) is 6.16. The van der Waals surface area contributed by atoms with Crippen LogP contribution in [0.1, 0.15) is 25.7 Å². The van der Waals surface area contributed by atoms with Gasteiger partial charge in [-0.25, -0.2) is 0 Å². The fourth-order valence-corrected chi connectivity index (χ4v) is 3.16. The molecule has 0 radical (unpaired) electrons. The fourth-order valence-electron chi connectivity index (χ4n) is 3.16. The summed E-state index contributed by atoms with van der Waals surface area (Å²) in [6.07, 6.45) is 3.16. The maximum atomic E-state index is 12.3. The van der Waals surface area contributed by atoms with Gasteiger partial charge in [-0.15, -0.1) is 0 Å². The monoisotopic (exact) mass is 317 g/mol. The fraction of sp³-hybridized carbons (Fsp3) is 0.529. The summed E-state index contributed by atoms with van der Waals surface area (Å²) in [6, 6.07) is 6.83. The molecule has 2 fully saturated rings. The Balaban J connectivity index is 1.59. The molecular weight excluding hydrogens is 294 g/mol. The molecule has 1 unspecified atom stereocenters. The molecule has 3 N–H and O–H groups in total. The average Bonchev–Trinajstić information content (AvgIpc) is 3.01. The highest BCUT2D eigenvalue weighted by Crippen LogP contribution is 2.24. The van der Waals surface area contributed by atoms with Crippen LogP contribution in [-0.2, 0) is 14.3 Å². The molecule has 2 aliphatic rings. The van der Waals surface area contributed by atoms with Crippen molar-refractivity contribution >= 4 is 23.2 Å². The SMILES string of the molecule is NC(C(=O)Nc1ccc(N2CCCC2=O)cc1)C1CCOCC1. The number of nitrogens with one attached hydrogen (secondary N) is 1. The first kappa shape index (κ1) is 16.0. The molecule has 3 rings (SSSR count). The third-order valence-corrected chi connectivity index (χ3v) is 4.60. The molecular formula is C17H23N3O3. The molecule has 6 nitrogen and oxygen atoms in total. The van der Waals surface area contributed by atoms with Gasteiger partial charge in [-0.05, 0) is 49.4 Å². The highest BCUT2D eigenvalue weighted by molar-refractivity contribution is 5.97. The smallest absolute Gasteiger partial charge is 0.241 e. The summed E-state index contributed by atoms with van der Waals surface area (Å²) >= 11 is 0. The highest BCUT2D eigenvalue weighted by atomic mass is 16.5. The maximum absolute atomic E-state index is 12.3. The van der Waals surface area contributed by atoms with Gasteiger partial charge in [-0.1, -0.05) is 0 Å². The molecule has 6 heteroatoms. The van der Waals surface area contributed by atoms with Crippen molar-refractivity contribution in [3.8, 4) is 0 Å². The average molecular weight is 317 g/mol. The number of nitrogens with two attached hydrogens (primary N) is 1. The number of rotatable bonds is 4. The highest BCUT2D eigenvalue weighted by Gasteiger charge is 2.26. The summed E-state index contributed by atoms with van der Waals surface area (Å²) in [6.45, 7) is 2.10. The standard InChI is InChI=1S/C17H23N3O3/c18-16(12-7-10-23-11-8-12)17(22)19-13-3-5-14(6-4-13)20-9-1-2-15(20)21/h3-6,12,16H,1-2,7-11,18H2,(H,19,22). The molecule has 1 aromatic carbocycles. The summed E-state index contributed by atoms with van der Waals surface area (Å²) in [7, 11) is 0. The Morgan fingerprint density at radius 3 is 2.57 bits per heavy atom. The number of ether oxygens (including phenoxy) is 1. The van der Waals surface area contributed by atoms with Crippen molar-refractivity contribution in [1.29, 1.82) is 0 Å². The first-order chi connectivity index (χ1) is 11.1. The number of carbonyl (C=O) groups excluding carboxylic acids is 2. The lowest BCUT2D eigenvalue weighted by atomic mass is 9.92. The molecule has 124 valence electrons. The molecule has 2 saturated heterocycles. The van der Waals surface area contributed by atoms with Gasteiger partial charge in [-0.3, -0.25) is 9.59 Å². The van der Waals surface area contributed by atoms with Crippen LogP contribution in [-0.4, -0.2) is 37.6 Å². The summed E-state index contributed by atoms with van der Waals surface area (Å²) in [5.41, 5.74) is 7.64. The van der Waals surface area contributed by atoms with E-state index in [1.807, 2.05) is 24.3 Å². The van der Waals surface area contributed by atoms with Gasteiger partial charge in [0.1, 0.15) is 0 Å². The number of carbonyl (C=O) groups is 2. The number of amides is 2. The molecule has 23 heavy (non-hydrogen) atoms. The molecule has 2 heterocycles. The van der Waals surface area contributed by atoms with E-state index in [2.05, 4.69) is 5.32 Å². The molecule has 1 atom stereocenters. The zero-order valence-corrected chi connectivity index (χ0v) is 13.2. The molecule has 1 aromatic rings. The van der Waals surface area contributed by atoms with Gasteiger partial charge in [0.2, 0.25) is 11.8 Å². The Kier molecular flexibility index (Phi) is 4.93. The van der Waals surface area contributed by atoms with Crippen LogP contribution in [0.25, 0.3) is 0 Å². The minimum Gasteiger partial charge on any atom is -0.381 e. The number of hydrogen-bond acceptors (Lipinski definition) is 4. The molecule has 0 spiro atoms. The lowest BCUT2D eigenvalue weighted by Crippen LogP contribution is -2.44. The third-order valence-electron chi connectivity index (χ3n) is 4.60. The zero-order valence-electron chi connectivity index (χ0n) is 13.2. The van der Waals surface area contributed by atoms with E-state index in [4.69, 9.17) is 10.5 Å². The van der Waals surface area contributed by atoms with Crippen molar-refractivity contribution in [2.24, 2.45) is 11.7 Å². The van der Waals surface area contributed by atoms with E-state index in [-0.39, 0.29) is 17.7 Å². The van der Waals surface area contributed by atoms with E-state index in [1.165, 1.54) is 0 Å². The van der Waals surface area contributed by atoms with E-state index in [0.29, 0.717) is 25.3 Å². The zero-order chi connectivity index (χ0) is 16.2. The first-order valence-electron chi connectivity index (χ1n) is 8.20. The van der Waals surface area contributed by atoms with Crippen molar-refractivity contribution in [3.63, 3.8) is 0 Å². The Morgan fingerprint density at radius 1 is 1.26 bits per heavy atom. The van der Waals surface area contributed by atoms with Crippen LogP contribution < -0.4 is 16.0 Å². The molecule has 2 aliphatic heterocycles. The van der Waals surface area contributed by atoms with Crippen molar-refractivity contribution < 1.29 is 14.3 Å².